The van der Waals surface area contributed by atoms with Gasteiger partial charge in [0, 0.05) is 5.56 Å². The molecule has 0 N–H and O–H groups in total. The Morgan fingerprint density at radius 2 is 1.27 bits per heavy atom. The van der Waals surface area contributed by atoms with Gasteiger partial charge >= 0.3 is 0 Å². The Morgan fingerprint density at radius 1 is 0.591 bits per heavy atom. The van der Waals surface area contributed by atoms with Crippen molar-refractivity contribution in [2.45, 2.75) is 0 Å². The zero-order valence-corrected chi connectivity index (χ0v) is 11.8. The summed E-state index contributed by atoms with van der Waals surface area (Å²) in [5.41, 5.74) is 5.02. The zero-order chi connectivity index (χ0) is 15.4. The third-order valence-electron chi connectivity index (χ3n) is 3.57. The van der Waals surface area contributed by atoms with Crippen molar-refractivity contribution in [2.75, 3.05) is 0 Å². The van der Waals surface area contributed by atoms with Crippen molar-refractivity contribution in [2.24, 2.45) is 0 Å². The Balaban J connectivity index is 2.27. The molecule has 2 nitrogen and oxygen atoms in total. The molecule has 0 aromatic heterocycles. The summed E-state index contributed by atoms with van der Waals surface area (Å²) in [4.78, 5) is 0. The molecule has 0 spiro atoms. The number of rotatable bonds is 2. The third-order valence-corrected chi connectivity index (χ3v) is 3.57. The van der Waals surface area contributed by atoms with Crippen molar-refractivity contribution in [3.8, 4) is 34.4 Å². The van der Waals surface area contributed by atoms with Crippen LogP contribution in [0.3, 0.4) is 0 Å². The van der Waals surface area contributed by atoms with Crippen molar-refractivity contribution in [1.29, 1.82) is 10.5 Å². The van der Waals surface area contributed by atoms with Crippen molar-refractivity contribution in [3.05, 3.63) is 83.9 Å². The molecule has 0 aliphatic rings. The van der Waals surface area contributed by atoms with Crippen molar-refractivity contribution in [1.82, 2.24) is 0 Å². The number of nitriles is 2. The monoisotopic (exact) mass is 280 g/mol. The van der Waals surface area contributed by atoms with E-state index < -0.39 is 0 Å². The zero-order valence-electron chi connectivity index (χ0n) is 11.8. The van der Waals surface area contributed by atoms with Crippen LogP contribution in [-0.4, -0.2) is 0 Å². The Bertz CT molecular complexity index is 897. The summed E-state index contributed by atoms with van der Waals surface area (Å²) < 4.78 is 0. The molecule has 0 amide bonds. The van der Waals surface area contributed by atoms with E-state index in [1.165, 1.54) is 0 Å². The van der Waals surface area contributed by atoms with Crippen LogP contribution in [0, 0.1) is 22.7 Å². The largest absolute Gasteiger partial charge is 0.192 e. The fourth-order valence-electron chi connectivity index (χ4n) is 2.52. The molecule has 3 aromatic rings. The SMILES string of the molecule is N#Cc1ccc(C#N)c(-c2ccccc2-c2ccccc2)c1. The molecule has 0 heterocycles. The number of benzene rings is 3. The second-order valence-electron chi connectivity index (χ2n) is 4.90. The van der Waals surface area contributed by atoms with Gasteiger partial charge in [0.2, 0.25) is 0 Å². The third kappa shape index (κ3) is 2.46. The van der Waals surface area contributed by atoms with Crippen molar-refractivity contribution >= 4 is 0 Å². The van der Waals surface area contributed by atoms with E-state index in [0.29, 0.717) is 11.1 Å². The average molecular weight is 280 g/mol. The van der Waals surface area contributed by atoms with Gasteiger partial charge in [0.25, 0.3) is 0 Å². The van der Waals surface area contributed by atoms with Crippen LogP contribution >= 0.6 is 0 Å². The van der Waals surface area contributed by atoms with Gasteiger partial charge in [0.05, 0.1) is 23.3 Å². The van der Waals surface area contributed by atoms with Gasteiger partial charge in [-0.1, -0.05) is 54.6 Å². The lowest BCUT2D eigenvalue weighted by molar-refractivity contribution is 1.44. The van der Waals surface area contributed by atoms with Crippen LogP contribution in [0.25, 0.3) is 22.3 Å². The smallest absolute Gasteiger partial charge is 0.0998 e. The van der Waals surface area contributed by atoms with Crippen LogP contribution < -0.4 is 0 Å². The van der Waals surface area contributed by atoms with E-state index in [1.54, 1.807) is 18.2 Å². The molecular formula is C20H12N2. The maximum Gasteiger partial charge on any atom is 0.0998 e. The highest BCUT2D eigenvalue weighted by atomic mass is 14.3. The molecule has 0 fully saturated rings. The molecule has 3 aromatic carbocycles. The first-order valence-corrected chi connectivity index (χ1v) is 6.92. The fraction of sp³-hybridized carbons (Fsp3) is 0. The summed E-state index contributed by atoms with van der Waals surface area (Å²) in [6, 6.07) is 27.5. The lowest BCUT2D eigenvalue weighted by atomic mass is 9.91. The molecule has 0 unspecified atom stereocenters. The summed E-state index contributed by atoms with van der Waals surface area (Å²) in [7, 11) is 0. The molecule has 0 atom stereocenters. The van der Waals surface area contributed by atoms with Gasteiger partial charge in [-0.2, -0.15) is 10.5 Å². The van der Waals surface area contributed by atoms with Crippen LogP contribution in [0.2, 0.25) is 0 Å². The molecule has 0 bridgehead atoms. The summed E-state index contributed by atoms with van der Waals surface area (Å²) in [5.74, 6) is 0. The Kier molecular flexibility index (Phi) is 3.69. The molecule has 2 heteroatoms. The summed E-state index contributed by atoms with van der Waals surface area (Å²) in [6.45, 7) is 0. The van der Waals surface area contributed by atoms with E-state index in [4.69, 9.17) is 5.26 Å². The van der Waals surface area contributed by atoms with E-state index in [2.05, 4.69) is 12.1 Å². The van der Waals surface area contributed by atoms with E-state index in [1.807, 2.05) is 54.6 Å². The predicted octanol–water partition coefficient (Wildman–Crippen LogP) is 4.76. The minimum Gasteiger partial charge on any atom is -0.192 e. The number of hydrogen-bond acceptors (Lipinski definition) is 2. The number of hydrogen-bond donors (Lipinski definition) is 0. The van der Waals surface area contributed by atoms with Crippen LogP contribution in [0.15, 0.2) is 72.8 Å². The summed E-state index contributed by atoms with van der Waals surface area (Å²) in [5, 5.41) is 18.5. The van der Waals surface area contributed by atoms with Gasteiger partial charge < -0.3 is 0 Å². The minimum absolute atomic E-state index is 0.553. The second-order valence-corrected chi connectivity index (χ2v) is 4.90. The number of nitrogens with zero attached hydrogens (tertiary/aromatic N) is 2. The molecule has 102 valence electrons. The topological polar surface area (TPSA) is 47.6 Å². The van der Waals surface area contributed by atoms with Crippen LogP contribution in [0.5, 0.6) is 0 Å². The molecule has 0 saturated heterocycles. The standard InChI is InChI=1S/C20H12N2/c21-13-15-10-11-17(14-22)20(12-15)19-9-5-4-8-18(19)16-6-2-1-3-7-16/h1-12H. The summed E-state index contributed by atoms with van der Waals surface area (Å²) in [6.07, 6.45) is 0. The second kappa shape index (κ2) is 5.95. The van der Waals surface area contributed by atoms with E-state index >= 15 is 0 Å². The van der Waals surface area contributed by atoms with Gasteiger partial charge in [-0.3, -0.25) is 0 Å². The van der Waals surface area contributed by atoms with E-state index in [-0.39, 0.29) is 0 Å². The molecular weight excluding hydrogens is 268 g/mol. The maximum absolute atomic E-state index is 9.37. The highest BCUT2D eigenvalue weighted by Crippen LogP contribution is 2.34. The highest BCUT2D eigenvalue weighted by Gasteiger charge is 2.11. The lowest BCUT2D eigenvalue weighted by Crippen LogP contribution is -1.90. The molecule has 3 rings (SSSR count). The van der Waals surface area contributed by atoms with Gasteiger partial charge in [-0.05, 0) is 34.9 Å². The van der Waals surface area contributed by atoms with E-state index in [9.17, 15) is 5.26 Å². The van der Waals surface area contributed by atoms with Crippen LogP contribution in [0.4, 0.5) is 0 Å². The highest BCUT2D eigenvalue weighted by molar-refractivity contribution is 5.86. The van der Waals surface area contributed by atoms with Gasteiger partial charge in [-0.15, -0.1) is 0 Å². The van der Waals surface area contributed by atoms with Gasteiger partial charge in [0.15, 0.2) is 0 Å². The normalized spacial score (nSPS) is 9.73. The maximum atomic E-state index is 9.37. The van der Waals surface area contributed by atoms with Crippen LogP contribution in [0.1, 0.15) is 11.1 Å². The Labute approximate surface area is 129 Å². The fourth-order valence-corrected chi connectivity index (χ4v) is 2.52. The average Bonchev–Trinajstić information content (AvgIpc) is 2.62. The van der Waals surface area contributed by atoms with Gasteiger partial charge in [-0.25, -0.2) is 0 Å². The molecule has 0 aliphatic carbocycles. The lowest BCUT2D eigenvalue weighted by Gasteiger charge is -2.11. The molecule has 22 heavy (non-hydrogen) atoms. The van der Waals surface area contributed by atoms with Gasteiger partial charge in [0.1, 0.15) is 0 Å². The summed E-state index contributed by atoms with van der Waals surface area (Å²) >= 11 is 0. The minimum atomic E-state index is 0.553. The first kappa shape index (κ1) is 13.6. The van der Waals surface area contributed by atoms with Crippen LogP contribution in [-0.2, 0) is 0 Å². The molecule has 0 saturated carbocycles. The van der Waals surface area contributed by atoms with E-state index in [0.717, 1.165) is 22.3 Å². The molecule has 0 radical (unpaired) electrons. The predicted molar refractivity (Wildman–Crippen MR) is 86.7 cm³/mol. The first-order valence-electron chi connectivity index (χ1n) is 6.92. The van der Waals surface area contributed by atoms with Crippen molar-refractivity contribution < 1.29 is 0 Å². The Hall–Kier alpha value is -3.36. The first-order chi connectivity index (χ1) is 10.8. The van der Waals surface area contributed by atoms with Crippen molar-refractivity contribution in [3.63, 3.8) is 0 Å². The Morgan fingerprint density at radius 3 is 1.95 bits per heavy atom. The molecule has 0 aliphatic heterocycles. The quantitative estimate of drug-likeness (QED) is 0.679.